The number of nitrogen functional groups attached to an aromatic ring is 1. The van der Waals surface area contributed by atoms with Crippen LogP contribution in [0, 0.1) is 19.8 Å². The van der Waals surface area contributed by atoms with E-state index < -0.39 is 0 Å². The van der Waals surface area contributed by atoms with Gasteiger partial charge in [-0.2, -0.15) is 0 Å². The molecule has 4 N–H and O–H groups in total. The van der Waals surface area contributed by atoms with Crippen LogP contribution in [0.5, 0.6) is 0 Å². The van der Waals surface area contributed by atoms with Crippen LogP contribution in [0.25, 0.3) is 0 Å². The normalized spacial score (nSPS) is 12.6. The Balaban J connectivity index is 2.94. The summed E-state index contributed by atoms with van der Waals surface area (Å²) in [6.45, 7) is 7.64. The number of aryl methyl sites for hydroxylation is 2. The van der Waals surface area contributed by atoms with Crippen LogP contribution in [0.3, 0.4) is 0 Å². The monoisotopic (exact) mass is 250 g/mol. The molecule has 0 heterocycles. The highest BCUT2D eigenvalue weighted by Gasteiger charge is 2.18. The van der Waals surface area contributed by atoms with Crippen LogP contribution in [0.15, 0.2) is 12.1 Å². The van der Waals surface area contributed by atoms with Gasteiger partial charge in [0.2, 0.25) is 0 Å². The number of nitrogens with two attached hydrogens (primary N) is 1. The van der Waals surface area contributed by atoms with E-state index in [1.54, 1.807) is 6.07 Å². The summed E-state index contributed by atoms with van der Waals surface area (Å²) in [7, 11) is 0. The van der Waals surface area contributed by atoms with E-state index in [0.717, 1.165) is 11.1 Å². The maximum absolute atomic E-state index is 12.1. The molecular formula is C14H22N2O2. The SMILES string of the molecule is Cc1cc(C)c(C(=O)N[C@H](CO)C(C)C)cc1N. The minimum atomic E-state index is -0.237. The Morgan fingerprint density at radius 2 is 1.94 bits per heavy atom. The van der Waals surface area contributed by atoms with Gasteiger partial charge < -0.3 is 16.2 Å². The van der Waals surface area contributed by atoms with Crippen molar-refractivity contribution in [2.24, 2.45) is 5.92 Å². The van der Waals surface area contributed by atoms with Crippen molar-refractivity contribution < 1.29 is 9.90 Å². The molecule has 0 radical (unpaired) electrons. The molecule has 0 aliphatic carbocycles. The topological polar surface area (TPSA) is 75.3 Å². The average Bonchev–Trinajstić information content (AvgIpc) is 2.29. The van der Waals surface area contributed by atoms with Gasteiger partial charge in [-0.05, 0) is 37.0 Å². The van der Waals surface area contributed by atoms with E-state index >= 15 is 0 Å². The van der Waals surface area contributed by atoms with Crippen molar-refractivity contribution in [2.45, 2.75) is 33.7 Å². The summed E-state index contributed by atoms with van der Waals surface area (Å²) in [5.41, 5.74) is 8.85. The van der Waals surface area contributed by atoms with Gasteiger partial charge in [0.25, 0.3) is 5.91 Å². The lowest BCUT2D eigenvalue weighted by Gasteiger charge is -2.20. The van der Waals surface area contributed by atoms with Gasteiger partial charge in [0.1, 0.15) is 0 Å². The molecule has 0 fully saturated rings. The first kappa shape index (κ1) is 14.5. The Bertz CT molecular complexity index is 442. The van der Waals surface area contributed by atoms with Crippen LogP contribution in [-0.4, -0.2) is 23.7 Å². The van der Waals surface area contributed by atoms with E-state index in [1.165, 1.54) is 0 Å². The minimum absolute atomic E-state index is 0.0657. The van der Waals surface area contributed by atoms with E-state index in [0.29, 0.717) is 11.3 Å². The molecule has 0 spiro atoms. The Labute approximate surface area is 108 Å². The quantitative estimate of drug-likeness (QED) is 0.711. The molecule has 0 bridgehead atoms. The smallest absolute Gasteiger partial charge is 0.251 e. The van der Waals surface area contributed by atoms with E-state index in [1.807, 2.05) is 33.8 Å². The van der Waals surface area contributed by atoms with Crippen LogP contribution in [-0.2, 0) is 0 Å². The summed E-state index contributed by atoms with van der Waals surface area (Å²) in [5, 5.41) is 12.0. The number of hydrogen-bond donors (Lipinski definition) is 3. The first-order valence-corrected chi connectivity index (χ1v) is 6.15. The van der Waals surface area contributed by atoms with Crippen LogP contribution in [0.2, 0.25) is 0 Å². The Morgan fingerprint density at radius 3 is 2.44 bits per heavy atom. The molecule has 0 aliphatic heterocycles. The highest BCUT2D eigenvalue weighted by molar-refractivity contribution is 5.96. The number of amides is 1. The number of hydrogen-bond acceptors (Lipinski definition) is 3. The maximum Gasteiger partial charge on any atom is 0.251 e. The number of aliphatic hydroxyl groups is 1. The zero-order valence-electron chi connectivity index (χ0n) is 11.4. The minimum Gasteiger partial charge on any atom is -0.398 e. The molecule has 0 saturated heterocycles. The molecule has 0 aromatic heterocycles. The predicted molar refractivity (Wildman–Crippen MR) is 73.5 cm³/mol. The summed E-state index contributed by atoms with van der Waals surface area (Å²) in [6.07, 6.45) is 0. The molecule has 4 nitrogen and oxygen atoms in total. The number of carbonyl (C=O) groups is 1. The molecule has 0 unspecified atom stereocenters. The molecule has 1 aromatic rings. The van der Waals surface area contributed by atoms with Crippen LogP contribution in [0.4, 0.5) is 5.69 Å². The molecule has 1 amide bonds. The molecule has 1 rings (SSSR count). The van der Waals surface area contributed by atoms with Gasteiger partial charge in [0, 0.05) is 11.3 Å². The van der Waals surface area contributed by atoms with Crippen LogP contribution in [0.1, 0.15) is 35.3 Å². The fraction of sp³-hybridized carbons (Fsp3) is 0.500. The van der Waals surface area contributed by atoms with Crippen molar-refractivity contribution in [3.05, 3.63) is 28.8 Å². The molecule has 0 aliphatic rings. The summed E-state index contributed by atoms with van der Waals surface area (Å²) in [4.78, 5) is 12.1. The molecule has 4 heteroatoms. The third-order valence-electron chi connectivity index (χ3n) is 3.18. The van der Waals surface area contributed by atoms with E-state index in [9.17, 15) is 9.90 Å². The maximum atomic E-state index is 12.1. The first-order chi connectivity index (χ1) is 8.36. The molecule has 1 aromatic carbocycles. The number of benzene rings is 1. The van der Waals surface area contributed by atoms with Crippen molar-refractivity contribution >= 4 is 11.6 Å². The summed E-state index contributed by atoms with van der Waals surface area (Å²) < 4.78 is 0. The fourth-order valence-corrected chi connectivity index (χ4v) is 1.78. The van der Waals surface area contributed by atoms with Gasteiger partial charge in [-0.25, -0.2) is 0 Å². The number of aliphatic hydroxyl groups excluding tert-OH is 1. The summed E-state index contributed by atoms with van der Waals surface area (Å²) in [5.74, 6) is -0.00555. The third-order valence-corrected chi connectivity index (χ3v) is 3.18. The predicted octanol–water partition coefficient (Wildman–Crippen LogP) is 1.63. The molecule has 0 saturated carbocycles. The second kappa shape index (κ2) is 5.87. The molecule has 1 atom stereocenters. The number of anilines is 1. The first-order valence-electron chi connectivity index (χ1n) is 6.15. The van der Waals surface area contributed by atoms with Crippen molar-refractivity contribution in [3.63, 3.8) is 0 Å². The number of nitrogens with one attached hydrogen (secondary N) is 1. The zero-order chi connectivity index (χ0) is 13.9. The second-order valence-corrected chi connectivity index (χ2v) is 5.03. The fourth-order valence-electron chi connectivity index (χ4n) is 1.78. The molecule has 100 valence electrons. The summed E-state index contributed by atoms with van der Waals surface area (Å²) in [6, 6.07) is 3.35. The molecule has 18 heavy (non-hydrogen) atoms. The number of carbonyl (C=O) groups excluding carboxylic acids is 1. The molecular weight excluding hydrogens is 228 g/mol. The van der Waals surface area contributed by atoms with Crippen LogP contribution < -0.4 is 11.1 Å². The van der Waals surface area contributed by atoms with Crippen molar-refractivity contribution in [2.75, 3.05) is 12.3 Å². The third kappa shape index (κ3) is 3.23. The highest BCUT2D eigenvalue weighted by Crippen LogP contribution is 2.18. The van der Waals surface area contributed by atoms with Gasteiger partial charge in [-0.15, -0.1) is 0 Å². The van der Waals surface area contributed by atoms with E-state index in [2.05, 4.69) is 5.32 Å². The van der Waals surface area contributed by atoms with E-state index in [4.69, 9.17) is 5.73 Å². The van der Waals surface area contributed by atoms with Crippen molar-refractivity contribution in [1.82, 2.24) is 5.32 Å². The number of rotatable bonds is 4. The van der Waals surface area contributed by atoms with E-state index in [-0.39, 0.29) is 24.5 Å². The van der Waals surface area contributed by atoms with Gasteiger partial charge in [-0.3, -0.25) is 4.79 Å². The highest BCUT2D eigenvalue weighted by atomic mass is 16.3. The van der Waals surface area contributed by atoms with Crippen LogP contribution >= 0.6 is 0 Å². The Morgan fingerprint density at radius 1 is 1.33 bits per heavy atom. The largest absolute Gasteiger partial charge is 0.398 e. The Kier molecular flexibility index (Phi) is 4.73. The lowest BCUT2D eigenvalue weighted by molar-refractivity contribution is 0.0896. The standard InChI is InChI=1S/C14H22N2O2/c1-8(2)13(7-17)16-14(18)11-6-12(15)10(4)5-9(11)3/h5-6,8,13,17H,7,15H2,1-4H3,(H,16,18)/t13-/m1/s1. The Hall–Kier alpha value is -1.55. The van der Waals surface area contributed by atoms with Crippen molar-refractivity contribution in [3.8, 4) is 0 Å². The summed E-state index contributed by atoms with van der Waals surface area (Å²) >= 11 is 0. The lowest BCUT2D eigenvalue weighted by Crippen LogP contribution is -2.41. The zero-order valence-corrected chi connectivity index (χ0v) is 11.4. The van der Waals surface area contributed by atoms with Crippen molar-refractivity contribution in [1.29, 1.82) is 0 Å². The van der Waals surface area contributed by atoms with Gasteiger partial charge in [0.05, 0.1) is 12.6 Å². The van der Waals surface area contributed by atoms with Gasteiger partial charge >= 0.3 is 0 Å². The average molecular weight is 250 g/mol. The lowest BCUT2D eigenvalue weighted by atomic mass is 10.0. The van der Waals surface area contributed by atoms with Gasteiger partial charge in [-0.1, -0.05) is 19.9 Å². The van der Waals surface area contributed by atoms with Gasteiger partial charge in [0.15, 0.2) is 0 Å². The second-order valence-electron chi connectivity index (χ2n) is 5.03.